The molecule has 4 rings (SSSR count). The third-order valence-corrected chi connectivity index (χ3v) is 6.53. The molecule has 2 aromatic rings. The first-order valence-electron chi connectivity index (χ1n) is 11.9. The SMILES string of the molecule is CNC(=O)N1CCC(c2cnc(OC3CCOCC3)c3cnc(C[C@@H](C)COC)nc23)CC1. The van der Waals surface area contributed by atoms with E-state index in [-0.39, 0.29) is 18.1 Å². The maximum Gasteiger partial charge on any atom is 0.317 e. The fourth-order valence-corrected chi connectivity index (χ4v) is 4.70. The van der Waals surface area contributed by atoms with E-state index in [1.807, 2.05) is 17.3 Å². The Morgan fingerprint density at radius 2 is 1.97 bits per heavy atom. The Bertz CT molecular complexity index is 942. The maximum atomic E-state index is 12.0. The standard InChI is InChI=1S/C24H35N5O4/c1-16(15-31-3)12-21-26-14-20-22(28-21)19(17-4-8-29(9-5-17)24(30)25-2)13-27-23(20)33-18-6-10-32-11-7-18/h13-14,16-18H,4-12,15H2,1-3H3,(H,25,30)/t16-/m1/s1. The lowest BCUT2D eigenvalue weighted by Gasteiger charge is -2.32. The van der Waals surface area contributed by atoms with Crippen LogP contribution < -0.4 is 10.1 Å². The number of methoxy groups -OCH3 is 1. The molecule has 2 fully saturated rings. The van der Waals surface area contributed by atoms with E-state index in [9.17, 15) is 4.79 Å². The van der Waals surface area contributed by atoms with Crippen LogP contribution in [-0.4, -0.2) is 79.1 Å². The Kier molecular flexibility index (Phi) is 7.93. The van der Waals surface area contributed by atoms with Crippen LogP contribution in [0.5, 0.6) is 5.88 Å². The molecule has 9 heteroatoms. The highest BCUT2D eigenvalue weighted by Crippen LogP contribution is 2.35. The number of nitrogens with one attached hydrogen (secondary N) is 1. The Hall–Kier alpha value is -2.52. The van der Waals surface area contributed by atoms with Gasteiger partial charge in [0.05, 0.1) is 24.1 Å². The number of hydrogen-bond acceptors (Lipinski definition) is 7. The molecular formula is C24H35N5O4. The summed E-state index contributed by atoms with van der Waals surface area (Å²) < 4.78 is 17.0. The van der Waals surface area contributed by atoms with Crippen molar-refractivity contribution >= 4 is 16.9 Å². The topological polar surface area (TPSA) is 98.7 Å². The molecule has 0 saturated carbocycles. The Morgan fingerprint density at radius 1 is 1.21 bits per heavy atom. The Balaban J connectivity index is 1.63. The molecule has 2 aliphatic rings. The molecule has 0 aliphatic carbocycles. The van der Waals surface area contributed by atoms with Crippen LogP contribution in [0.2, 0.25) is 0 Å². The first kappa shape index (κ1) is 23.6. The number of nitrogens with zero attached hydrogens (tertiary/aromatic N) is 4. The van der Waals surface area contributed by atoms with E-state index < -0.39 is 0 Å². The van der Waals surface area contributed by atoms with Gasteiger partial charge in [0, 0.05) is 71.1 Å². The predicted octanol–water partition coefficient (Wildman–Crippen LogP) is 2.93. The van der Waals surface area contributed by atoms with Crippen molar-refractivity contribution in [2.45, 2.75) is 51.0 Å². The summed E-state index contributed by atoms with van der Waals surface area (Å²) in [7, 11) is 3.39. The quantitative estimate of drug-likeness (QED) is 0.682. The lowest BCUT2D eigenvalue weighted by molar-refractivity contribution is 0.0244. The minimum absolute atomic E-state index is 0.0200. The number of likely N-dealkylation sites (tertiary alicyclic amines) is 1. The van der Waals surface area contributed by atoms with Crippen LogP contribution in [0.3, 0.4) is 0 Å². The largest absolute Gasteiger partial charge is 0.474 e. The maximum absolute atomic E-state index is 12.0. The van der Waals surface area contributed by atoms with Crippen molar-refractivity contribution < 1.29 is 19.0 Å². The summed E-state index contributed by atoms with van der Waals surface area (Å²) in [4.78, 5) is 28.2. The fourth-order valence-electron chi connectivity index (χ4n) is 4.70. The van der Waals surface area contributed by atoms with Crippen molar-refractivity contribution in [1.82, 2.24) is 25.2 Å². The number of amides is 2. The van der Waals surface area contributed by atoms with Crippen molar-refractivity contribution in [1.29, 1.82) is 0 Å². The smallest absolute Gasteiger partial charge is 0.317 e. The minimum Gasteiger partial charge on any atom is -0.474 e. The number of rotatable bonds is 7. The average molecular weight is 458 g/mol. The highest BCUT2D eigenvalue weighted by atomic mass is 16.5. The molecule has 1 N–H and O–H groups in total. The zero-order chi connectivity index (χ0) is 23.2. The van der Waals surface area contributed by atoms with Gasteiger partial charge in [0.2, 0.25) is 5.88 Å². The van der Waals surface area contributed by atoms with Gasteiger partial charge in [0.15, 0.2) is 0 Å². The monoisotopic (exact) mass is 457 g/mol. The summed E-state index contributed by atoms with van der Waals surface area (Å²) in [5, 5.41) is 3.58. The fraction of sp³-hybridized carbons (Fsp3) is 0.667. The molecule has 9 nitrogen and oxygen atoms in total. The first-order chi connectivity index (χ1) is 16.1. The van der Waals surface area contributed by atoms with Gasteiger partial charge in [-0.05, 0) is 24.7 Å². The summed E-state index contributed by atoms with van der Waals surface area (Å²) in [6.07, 6.45) is 8.10. The zero-order valence-corrected chi connectivity index (χ0v) is 19.9. The molecule has 1 atom stereocenters. The van der Waals surface area contributed by atoms with Gasteiger partial charge in [-0.15, -0.1) is 0 Å². The van der Waals surface area contributed by atoms with Gasteiger partial charge in [-0.2, -0.15) is 0 Å². The van der Waals surface area contributed by atoms with Gasteiger partial charge in [-0.25, -0.2) is 19.7 Å². The van der Waals surface area contributed by atoms with E-state index in [0.717, 1.165) is 67.5 Å². The van der Waals surface area contributed by atoms with Gasteiger partial charge >= 0.3 is 6.03 Å². The molecule has 2 aromatic heterocycles. The second kappa shape index (κ2) is 11.1. The number of fused-ring (bicyclic) bond motifs is 1. The van der Waals surface area contributed by atoms with Crippen molar-refractivity contribution in [2.24, 2.45) is 5.92 Å². The van der Waals surface area contributed by atoms with E-state index in [4.69, 9.17) is 24.2 Å². The molecule has 180 valence electrons. The summed E-state index contributed by atoms with van der Waals surface area (Å²) in [6, 6.07) is -0.0200. The number of aromatic nitrogens is 3. The second-order valence-corrected chi connectivity index (χ2v) is 9.08. The zero-order valence-electron chi connectivity index (χ0n) is 19.9. The molecule has 2 aliphatic heterocycles. The number of hydrogen-bond donors (Lipinski definition) is 1. The number of piperidine rings is 1. The second-order valence-electron chi connectivity index (χ2n) is 9.08. The third kappa shape index (κ3) is 5.70. The lowest BCUT2D eigenvalue weighted by Crippen LogP contribution is -2.42. The van der Waals surface area contributed by atoms with Gasteiger partial charge < -0.3 is 24.4 Å². The first-order valence-corrected chi connectivity index (χ1v) is 11.9. The van der Waals surface area contributed by atoms with Gasteiger partial charge in [0.1, 0.15) is 11.9 Å². The summed E-state index contributed by atoms with van der Waals surface area (Å²) in [6.45, 7) is 5.66. The molecule has 0 spiro atoms. The molecule has 33 heavy (non-hydrogen) atoms. The van der Waals surface area contributed by atoms with Crippen LogP contribution in [0.15, 0.2) is 12.4 Å². The molecule has 4 heterocycles. The molecule has 0 bridgehead atoms. The number of carbonyl (C=O) groups is 1. The van der Waals surface area contributed by atoms with E-state index in [0.29, 0.717) is 31.6 Å². The van der Waals surface area contributed by atoms with Gasteiger partial charge in [-0.3, -0.25) is 0 Å². The molecule has 0 unspecified atom stereocenters. The third-order valence-electron chi connectivity index (χ3n) is 6.53. The van der Waals surface area contributed by atoms with Crippen molar-refractivity contribution in [3.8, 4) is 5.88 Å². The van der Waals surface area contributed by atoms with Crippen LogP contribution in [0.4, 0.5) is 4.79 Å². The normalized spacial score (nSPS) is 18.9. The van der Waals surface area contributed by atoms with E-state index in [2.05, 4.69) is 17.2 Å². The van der Waals surface area contributed by atoms with Crippen molar-refractivity contribution in [3.63, 3.8) is 0 Å². The molecule has 0 aromatic carbocycles. The summed E-state index contributed by atoms with van der Waals surface area (Å²) >= 11 is 0. The predicted molar refractivity (Wildman–Crippen MR) is 125 cm³/mol. The van der Waals surface area contributed by atoms with Gasteiger partial charge in [-0.1, -0.05) is 6.92 Å². The lowest BCUT2D eigenvalue weighted by atomic mass is 9.89. The molecule has 2 saturated heterocycles. The Morgan fingerprint density at radius 3 is 2.67 bits per heavy atom. The van der Waals surface area contributed by atoms with Crippen LogP contribution in [0.1, 0.15) is 49.9 Å². The highest BCUT2D eigenvalue weighted by molar-refractivity contribution is 5.86. The van der Waals surface area contributed by atoms with E-state index >= 15 is 0 Å². The average Bonchev–Trinajstić information content (AvgIpc) is 2.84. The number of pyridine rings is 1. The number of ether oxygens (including phenoxy) is 3. The van der Waals surface area contributed by atoms with Crippen molar-refractivity contribution in [3.05, 3.63) is 23.8 Å². The number of carbonyl (C=O) groups excluding carboxylic acids is 1. The van der Waals surface area contributed by atoms with E-state index in [1.165, 1.54) is 0 Å². The van der Waals surface area contributed by atoms with Crippen LogP contribution in [-0.2, 0) is 15.9 Å². The minimum atomic E-state index is -0.0200. The van der Waals surface area contributed by atoms with E-state index in [1.54, 1.807) is 14.2 Å². The summed E-state index contributed by atoms with van der Waals surface area (Å²) in [5.74, 6) is 2.02. The number of urea groups is 1. The summed E-state index contributed by atoms with van der Waals surface area (Å²) in [5.41, 5.74) is 2.03. The van der Waals surface area contributed by atoms with Crippen molar-refractivity contribution in [2.75, 3.05) is 47.1 Å². The molecule has 2 amide bonds. The van der Waals surface area contributed by atoms with Crippen LogP contribution >= 0.6 is 0 Å². The molecule has 0 radical (unpaired) electrons. The Labute approximate surface area is 195 Å². The van der Waals surface area contributed by atoms with Crippen LogP contribution in [0.25, 0.3) is 10.9 Å². The molecular weight excluding hydrogens is 422 g/mol. The van der Waals surface area contributed by atoms with Gasteiger partial charge in [0.25, 0.3) is 0 Å². The highest BCUT2D eigenvalue weighted by Gasteiger charge is 2.27. The van der Waals surface area contributed by atoms with Crippen LogP contribution in [0, 0.1) is 5.92 Å².